The van der Waals surface area contributed by atoms with Crippen molar-refractivity contribution in [2.75, 3.05) is 17.1 Å². The molecule has 0 aliphatic rings. The summed E-state index contributed by atoms with van der Waals surface area (Å²) in [5, 5.41) is 2.80. The van der Waals surface area contributed by atoms with Crippen LogP contribution in [-0.2, 0) is 32.3 Å². The third-order valence-corrected chi connectivity index (χ3v) is 6.42. The molecule has 0 radical (unpaired) electrons. The van der Waals surface area contributed by atoms with Crippen molar-refractivity contribution in [1.82, 2.24) is 10.2 Å². The van der Waals surface area contributed by atoms with E-state index in [1.165, 1.54) is 17.9 Å². The number of nitrogens with one attached hydrogen (secondary N) is 1. The van der Waals surface area contributed by atoms with Crippen LogP contribution in [0.3, 0.4) is 0 Å². The average Bonchev–Trinajstić information content (AvgIpc) is 2.74. The number of rotatable bonds is 8. The normalized spacial score (nSPS) is 13.1. The van der Waals surface area contributed by atoms with E-state index in [-0.39, 0.29) is 12.2 Å². The lowest BCUT2D eigenvalue weighted by molar-refractivity contribution is -0.140. The number of sulfonamides is 1. The molecule has 2 aromatic rings. The fourth-order valence-electron chi connectivity index (χ4n) is 3.40. The van der Waals surface area contributed by atoms with Crippen LogP contribution in [0.25, 0.3) is 0 Å². The number of carbonyl (C=O) groups excluding carboxylic acids is 2. The van der Waals surface area contributed by atoms with Gasteiger partial charge in [0.15, 0.2) is 0 Å². The maximum absolute atomic E-state index is 13.5. The van der Waals surface area contributed by atoms with Crippen LogP contribution in [-0.4, -0.2) is 49.5 Å². The molecule has 36 heavy (non-hydrogen) atoms. The van der Waals surface area contributed by atoms with Gasteiger partial charge in [-0.3, -0.25) is 13.9 Å². The third-order valence-electron chi connectivity index (χ3n) is 5.28. The number of carbonyl (C=O) groups is 2. The molecule has 2 amide bonds. The monoisotopic (exact) mass is 527 g/mol. The second-order valence-electron chi connectivity index (χ2n) is 9.74. The van der Waals surface area contributed by atoms with Crippen LogP contribution >= 0.6 is 0 Å². The topological polar surface area (TPSA) is 86.8 Å². The Kier molecular flexibility index (Phi) is 8.82. The minimum Gasteiger partial charge on any atom is -0.350 e. The lowest BCUT2D eigenvalue weighted by atomic mass is 10.1. The fraction of sp³-hybridized carbons (Fsp3) is 0.440. The van der Waals surface area contributed by atoms with Crippen molar-refractivity contribution in [2.45, 2.75) is 58.9 Å². The van der Waals surface area contributed by atoms with E-state index in [0.29, 0.717) is 15.9 Å². The molecule has 0 saturated carbocycles. The summed E-state index contributed by atoms with van der Waals surface area (Å²) in [5.41, 5.74) is -0.239. The summed E-state index contributed by atoms with van der Waals surface area (Å²) in [7, 11) is -4.14. The average molecular weight is 528 g/mol. The van der Waals surface area contributed by atoms with Crippen LogP contribution in [0.2, 0.25) is 0 Å². The van der Waals surface area contributed by atoms with Gasteiger partial charge in [0, 0.05) is 12.1 Å². The first-order valence-electron chi connectivity index (χ1n) is 11.2. The van der Waals surface area contributed by atoms with Crippen LogP contribution in [0.1, 0.15) is 44.4 Å². The molecule has 0 heterocycles. The standard InChI is InChI=1S/C25H32F3N3O4S/c1-17-10-12-19(13-11-17)15-30(18(2)23(33)29-24(3,4)5)22(32)16-31(36(6,34)35)21-9-7-8-20(14-21)25(26,27)28/h7-14,18H,15-16H2,1-6H3,(H,29,33). The van der Waals surface area contributed by atoms with E-state index in [4.69, 9.17) is 0 Å². The Balaban J connectivity index is 2.45. The first-order chi connectivity index (χ1) is 16.4. The van der Waals surface area contributed by atoms with E-state index in [9.17, 15) is 31.2 Å². The summed E-state index contributed by atoms with van der Waals surface area (Å²) >= 11 is 0. The molecule has 0 fully saturated rings. The Morgan fingerprint density at radius 3 is 2.11 bits per heavy atom. The molecule has 1 atom stereocenters. The maximum Gasteiger partial charge on any atom is 0.416 e. The lowest BCUT2D eigenvalue weighted by Crippen LogP contribution is -2.54. The van der Waals surface area contributed by atoms with Gasteiger partial charge in [-0.25, -0.2) is 8.42 Å². The van der Waals surface area contributed by atoms with Crippen molar-refractivity contribution in [3.05, 3.63) is 65.2 Å². The Morgan fingerprint density at radius 1 is 1.03 bits per heavy atom. The number of hydrogen-bond acceptors (Lipinski definition) is 4. The first-order valence-corrected chi connectivity index (χ1v) is 13.1. The van der Waals surface area contributed by atoms with E-state index in [1.54, 1.807) is 32.9 Å². The summed E-state index contributed by atoms with van der Waals surface area (Å²) in [6, 6.07) is 10.0. The van der Waals surface area contributed by atoms with Gasteiger partial charge in [0.1, 0.15) is 12.6 Å². The molecule has 0 aromatic heterocycles. The zero-order valence-corrected chi connectivity index (χ0v) is 22.0. The second kappa shape index (κ2) is 10.9. The van der Waals surface area contributed by atoms with E-state index >= 15 is 0 Å². The number of benzene rings is 2. The van der Waals surface area contributed by atoms with Crippen LogP contribution in [0.4, 0.5) is 18.9 Å². The van der Waals surface area contributed by atoms with Crippen molar-refractivity contribution in [1.29, 1.82) is 0 Å². The zero-order valence-electron chi connectivity index (χ0n) is 21.2. The molecule has 0 aliphatic carbocycles. The summed E-state index contributed by atoms with van der Waals surface area (Å²) < 4.78 is 65.4. The van der Waals surface area contributed by atoms with E-state index in [1.807, 2.05) is 19.1 Å². The molecule has 0 aliphatic heterocycles. The molecular weight excluding hydrogens is 495 g/mol. The number of anilines is 1. The van der Waals surface area contributed by atoms with Gasteiger partial charge in [-0.05, 0) is 58.4 Å². The third kappa shape index (κ3) is 8.25. The molecule has 1 unspecified atom stereocenters. The van der Waals surface area contributed by atoms with Crippen LogP contribution < -0.4 is 9.62 Å². The highest BCUT2D eigenvalue weighted by atomic mass is 32.2. The zero-order chi connectivity index (χ0) is 27.5. The number of aryl methyl sites for hydroxylation is 1. The van der Waals surface area contributed by atoms with Gasteiger partial charge in [0.05, 0.1) is 17.5 Å². The minimum absolute atomic E-state index is 0.00195. The molecule has 2 rings (SSSR count). The number of nitrogens with zero attached hydrogens (tertiary/aromatic N) is 2. The summed E-state index contributed by atoms with van der Waals surface area (Å²) in [5.74, 6) is -1.19. The first kappa shape index (κ1) is 29.2. The molecule has 2 aromatic carbocycles. The van der Waals surface area contributed by atoms with Gasteiger partial charge >= 0.3 is 6.18 Å². The fourth-order valence-corrected chi connectivity index (χ4v) is 4.24. The van der Waals surface area contributed by atoms with Gasteiger partial charge in [0.2, 0.25) is 21.8 Å². The molecule has 0 saturated heterocycles. The summed E-state index contributed by atoms with van der Waals surface area (Å²) in [6.45, 7) is 7.97. The predicted octanol–water partition coefficient (Wildman–Crippen LogP) is 4.11. The van der Waals surface area contributed by atoms with Crippen LogP contribution in [0.15, 0.2) is 48.5 Å². The molecule has 11 heteroatoms. The van der Waals surface area contributed by atoms with Gasteiger partial charge < -0.3 is 10.2 Å². The predicted molar refractivity (Wildman–Crippen MR) is 133 cm³/mol. The highest BCUT2D eigenvalue weighted by Crippen LogP contribution is 2.32. The van der Waals surface area contributed by atoms with Gasteiger partial charge in [-0.1, -0.05) is 35.9 Å². The highest BCUT2D eigenvalue weighted by Gasteiger charge is 2.34. The number of alkyl halides is 3. The molecule has 0 bridgehead atoms. The van der Waals surface area contributed by atoms with E-state index in [2.05, 4.69) is 5.32 Å². The van der Waals surface area contributed by atoms with Crippen molar-refractivity contribution in [3.8, 4) is 0 Å². The Bertz CT molecular complexity index is 1190. The van der Waals surface area contributed by atoms with E-state index in [0.717, 1.165) is 24.0 Å². The van der Waals surface area contributed by atoms with Crippen molar-refractivity contribution < 1.29 is 31.2 Å². The van der Waals surface area contributed by atoms with Crippen LogP contribution in [0.5, 0.6) is 0 Å². The summed E-state index contributed by atoms with van der Waals surface area (Å²) in [4.78, 5) is 27.6. The van der Waals surface area contributed by atoms with Crippen LogP contribution in [0, 0.1) is 6.92 Å². The minimum atomic E-state index is -4.69. The SMILES string of the molecule is Cc1ccc(CN(C(=O)CN(c2cccc(C(F)(F)F)c2)S(C)(=O)=O)C(C)C(=O)NC(C)(C)C)cc1. The van der Waals surface area contributed by atoms with Crippen molar-refractivity contribution in [3.63, 3.8) is 0 Å². The quantitative estimate of drug-likeness (QED) is 0.560. The highest BCUT2D eigenvalue weighted by molar-refractivity contribution is 7.92. The number of halogens is 3. The number of hydrogen-bond donors (Lipinski definition) is 1. The Labute approximate surface area is 210 Å². The Hall–Kier alpha value is -3.08. The molecule has 7 nitrogen and oxygen atoms in total. The van der Waals surface area contributed by atoms with Gasteiger partial charge in [-0.15, -0.1) is 0 Å². The van der Waals surface area contributed by atoms with E-state index < -0.39 is 51.7 Å². The largest absolute Gasteiger partial charge is 0.416 e. The van der Waals surface area contributed by atoms with Gasteiger partial charge in [-0.2, -0.15) is 13.2 Å². The van der Waals surface area contributed by atoms with Gasteiger partial charge in [0.25, 0.3) is 0 Å². The van der Waals surface area contributed by atoms with Crippen molar-refractivity contribution >= 4 is 27.5 Å². The molecule has 198 valence electrons. The molecule has 0 spiro atoms. The number of amides is 2. The maximum atomic E-state index is 13.5. The van der Waals surface area contributed by atoms with Crippen molar-refractivity contribution in [2.24, 2.45) is 0 Å². The molecule has 1 N–H and O–H groups in total. The Morgan fingerprint density at radius 2 is 1.61 bits per heavy atom. The smallest absolute Gasteiger partial charge is 0.350 e. The second-order valence-corrected chi connectivity index (χ2v) is 11.6. The molecular formula is C25H32F3N3O4S. The lowest BCUT2D eigenvalue weighted by Gasteiger charge is -2.33. The summed E-state index contributed by atoms with van der Waals surface area (Å²) in [6.07, 6.45) is -3.89.